The van der Waals surface area contributed by atoms with Gasteiger partial charge in [0.05, 0.1) is 16.9 Å². The molecule has 1 heterocycles. The molecule has 1 aliphatic rings. The fraction of sp³-hybridized carbons (Fsp3) is 0.533. The molecule has 1 aromatic carbocycles. The van der Waals surface area contributed by atoms with Crippen molar-refractivity contribution < 1.29 is 18.4 Å². The van der Waals surface area contributed by atoms with Crippen molar-refractivity contribution in [3.63, 3.8) is 0 Å². The summed E-state index contributed by atoms with van der Waals surface area (Å²) in [6, 6.07) is 5.51. The number of amides is 1. The standard InChI is InChI=1S/C15H21ClNO4P/c1-5-13(18)17-9-15(2,10-22(19,20-3)21-4)11-7-6-8-12(16)14(11)17/h6-8H,5,9-10H2,1-4H3. The zero-order valence-electron chi connectivity index (χ0n) is 13.3. The van der Waals surface area contributed by atoms with E-state index >= 15 is 0 Å². The van der Waals surface area contributed by atoms with Crippen LogP contribution in [-0.4, -0.2) is 32.8 Å². The van der Waals surface area contributed by atoms with Gasteiger partial charge in [-0.15, -0.1) is 0 Å². The van der Waals surface area contributed by atoms with Gasteiger partial charge in [-0.1, -0.05) is 37.6 Å². The number of nitrogens with zero attached hydrogens (tertiary/aromatic N) is 1. The van der Waals surface area contributed by atoms with E-state index in [1.54, 1.807) is 11.0 Å². The van der Waals surface area contributed by atoms with E-state index in [0.29, 0.717) is 23.7 Å². The summed E-state index contributed by atoms with van der Waals surface area (Å²) in [4.78, 5) is 13.9. The minimum Gasteiger partial charge on any atom is -0.312 e. The van der Waals surface area contributed by atoms with Gasteiger partial charge in [-0.3, -0.25) is 9.36 Å². The van der Waals surface area contributed by atoms with Crippen LogP contribution in [0, 0.1) is 0 Å². The molecule has 0 aliphatic carbocycles. The highest BCUT2D eigenvalue weighted by Gasteiger charge is 2.46. The quantitative estimate of drug-likeness (QED) is 0.761. The normalized spacial score (nSPS) is 21.0. The number of hydrogen-bond acceptors (Lipinski definition) is 4. The Kier molecular flexibility index (Phi) is 5.03. The molecule has 0 fully saturated rings. The summed E-state index contributed by atoms with van der Waals surface area (Å²) in [6.45, 7) is 4.18. The maximum atomic E-state index is 12.6. The van der Waals surface area contributed by atoms with Gasteiger partial charge in [0.1, 0.15) is 0 Å². The Labute approximate surface area is 136 Å². The van der Waals surface area contributed by atoms with Crippen LogP contribution < -0.4 is 4.90 Å². The molecule has 0 saturated carbocycles. The molecule has 0 bridgehead atoms. The first-order chi connectivity index (χ1) is 10.3. The maximum absolute atomic E-state index is 12.6. The van der Waals surface area contributed by atoms with Crippen molar-refractivity contribution in [2.45, 2.75) is 25.7 Å². The van der Waals surface area contributed by atoms with Gasteiger partial charge in [0, 0.05) is 32.6 Å². The molecule has 5 nitrogen and oxygen atoms in total. The Bertz CT molecular complexity index is 628. The average molecular weight is 346 g/mol. The van der Waals surface area contributed by atoms with Crippen LogP contribution in [0.15, 0.2) is 18.2 Å². The first-order valence-electron chi connectivity index (χ1n) is 7.10. The van der Waals surface area contributed by atoms with Crippen LogP contribution in [0.3, 0.4) is 0 Å². The Balaban J connectivity index is 2.51. The molecular formula is C15H21ClNO4P. The van der Waals surface area contributed by atoms with Crippen LogP contribution in [0.5, 0.6) is 0 Å². The van der Waals surface area contributed by atoms with Crippen LogP contribution in [0.25, 0.3) is 0 Å². The lowest BCUT2D eigenvalue weighted by Crippen LogP contribution is -2.37. The van der Waals surface area contributed by atoms with Crippen molar-refractivity contribution in [2.75, 3.05) is 31.8 Å². The van der Waals surface area contributed by atoms with E-state index in [9.17, 15) is 9.36 Å². The molecule has 1 aromatic rings. The van der Waals surface area contributed by atoms with E-state index in [-0.39, 0.29) is 12.1 Å². The van der Waals surface area contributed by atoms with Gasteiger partial charge in [0.15, 0.2) is 0 Å². The van der Waals surface area contributed by atoms with Crippen molar-refractivity contribution in [3.05, 3.63) is 28.8 Å². The van der Waals surface area contributed by atoms with Crippen molar-refractivity contribution in [1.29, 1.82) is 0 Å². The molecule has 0 aromatic heterocycles. The van der Waals surface area contributed by atoms with Gasteiger partial charge < -0.3 is 13.9 Å². The molecule has 1 amide bonds. The highest BCUT2D eigenvalue weighted by Crippen LogP contribution is 2.55. The number of rotatable bonds is 5. The number of anilines is 1. The summed E-state index contributed by atoms with van der Waals surface area (Å²) < 4.78 is 22.7. The zero-order chi connectivity index (χ0) is 16.5. The van der Waals surface area contributed by atoms with E-state index in [1.165, 1.54) is 14.2 Å². The fourth-order valence-electron chi connectivity index (χ4n) is 2.96. The number of carbonyl (C=O) groups is 1. The van der Waals surface area contributed by atoms with Gasteiger partial charge in [0.2, 0.25) is 5.91 Å². The predicted octanol–water partition coefficient (Wildman–Crippen LogP) is 3.84. The Morgan fingerprint density at radius 1 is 1.41 bits per heavy atom. The number of carbonyl (C=O) groups excluding carboxylic acids is 1. The highest BCUT2D eigenvalue weighted by molar-refractivity contribution is 7.53. The third-order valence-corrected chi connectivity index (χ3v) is 6.62. The Hall–Kier alpha value is -0.870. The lowest BCUT2D eigenvalue weighted by atomic mass is 9.87. The molecule has 0 radical (unpaired) electrons. The summed E-state index contributed by atoms with van der Waals surface area (Å²) in [5, 5.41) is 0.521. The van der Waals surface area contributed by atoms with Gasteiger partial charge in [-0.05, 0) is 11.6 Å². The largest absolute Gasteiger partial charge is 0.331 e. The summed E-state index contributed by atoms with van der Waals surface area (Å²) in [5.41, 5.74) is 1.07. The molecule has 0 saturated heterocycles. The van der Waals surface area contributed by atoms with Crippen molar-refractivity contribution in [1.82, 2.24) is 0 Å². The molecule has 1 atom stereocenters. The van der Waals surface area contributed by atoms with Crippen molar-refractivity contribution >= 4 is 30.8 Å². The van der Waals surface area contributed by atoms with Crippen molar-refractivity contribution in [2.24, 2.45) is 0 Å². The zero-order valence-corrected chi connectivity index (χ0v) is 14.9. The second-order valence-corrected chi connectivity index (χ2v) is 8.34. The molecule has 7 heteroatoms. The van der Waals surface area contributed by atoms with E-state index in [0.717, 1.165) is 5.56 Å². The van der Waals surface area contributed by atoms with Gasteiger partial charge >= 0.3 is 7.60 Å². The number of fused-ring (bicyclic) bond motifs is 1. The Morgan fingerprint density at radius 2 is 2.05 bits per heavy atom. The van der Waals surface area contributed by atoms with Crippen LogP contribution in [-0.2, 0) is 23.8 Å². The van der Waals surface area contributed by atoms with Crippen LogP contribution in [0.4, 0.5) is 5.69 Å². The molecular weight excluding hydrogens is 325 g/mol. The third kappa shape index (κ3) is 2.95. The van der Waals surface area contributed by atoms with Crippen LogP contribution in [0.2, 0.25) is 5.02 Å². The van der Waals surface area contributed by atoms with E-state index in [1.807, 2.05) is 26.0 Å². The van der Waals surface area contributed by atoms with E-state index in [2.05, 4.69) is 0 Å². The molecule has 1 aliphatic heterocycles. The molecule has 2 rings (SSSR count). The average Bonchev–Trinajstić information content (AvgIpc) is 2.81. The summed E-state index contributed by atoms with van der Waals surface area (Å²) in [6.07, 6.45) is 0.570. The number of halogens is 1. The van der Waals surface area contributed by atoms with Crippen LogP contribution in [0.1, 0.15) is 25.8 Å². The first kappa shape index (κ1) is 17.5. The first-order valence-corrected chi connectivity index (χ1v) is 9.20. The topological polar surface area (TPSA) is 55.8 Å². The molecule has 1 unspecified atom stereocenters. The highest BCUT2D eigenvalue weighted by atomic mass is 35.5. The molecule has 22 heavy (non-hydrogen) atoms. The van der Waals surface area contributed by atoms with Gasteiger partial charge in [-0.25, -0.2) is 0 Å². The second kappa shape index (κ2) is 6.32. The minimum atomic E-state index is -3.21. The number of hydrogen-bond donors (Lipinski definition) is 0. The molecule has 0 spiro atoms. The number of para-hydroxylation sites is 1. The predicted molar refractivity (Wildman–Crippen MR) is 87.9 cm³/mol. The minimum absolute atomic E-state index is 0.0114. The van der Waals surface area contributed by atoms with Crippen molar-refractivity contribution in [3.8, 4) is 0 Å². The maximum Gasteiger partial charge on any atom is 0.331 e. The molecule has 0 N–H and O–H groups in total. The van der Waals surface area contributed by atoms with Crippen LogP contribution >= 0.6 is 19.2 Å². The third-order valence-electron chi connectivity index (χ3n) is 4.12. The number of benzene rings is 1. The summed E-state index contributed by atoms with van der Waals surface area (Å²) in [5.74, 6) is -0.0114. The lowest BCUT2D eigenvalue weighted by molar-refractivity contribution is -0.118. The van der Waals surface area contributed by atoms with Gasteiger partial charge in [-0.2, -0.15) is 0 Å². The second-order valence-electron chi connectivity index (χ2n) is 5.66. The van der Waals surface area contributed by atoms with Gasteiger partial charge in [0.25, 0.3) is 0 Å². The van der Waals surface area contributed by atoms with E-state index < -0.39 is 13.0 Å². The lowest BCUT2D eigenvalue weighted by Gasteiger charge is -2.28. The summed E-state index contributed by atoms with van der Waals surface area (Å²) >= 11 is 6.31. The monoisotopic (exact) mass is 345 g/mol. The molecule has 122 valence electrons. The smallest absolute Gasteiger partial charge is 0.312 e. The van der Waals surface area contributed by atoms with E-state index in [4.69, 9.17) is 20.6 Å². The summed E-state index contributed by atoms with van der Waals surface area (Å²) in [7, 11) is -0.470. The fourth-order valence-corrected chi connectivity index (χ4v) is 4.77. The Morgan fingerprint density at radius 3 is 2.59 bits per heavy atom. The SMILES string of the molecule is CCC(=O)N1CC(C)(CP(=O)(OC)OC)c2cccc(Cl)c21.